The monoisotopic (exact) mass is 205 g/mol. The molecule has 0 spiro atoms. The molecule has 1 aromatic heterocycles. The fourth-order valence-corrected chi connectivity index (χ4v) is 2.18. The summed E-state index contributed by atoms with van der Waals surface area (Å²) in [5.41, 5.74) is 2.52. The van der Waals surface area contributed by atoms with Gasteiger partial charge >= 0.3 is 0 Å². The second kappa shape index (κ2) is 4.73. The standard InChI is InChI=1S/C12H19N3/c1-10-4-3-5-14-12(10)11(2)15-8-6-13-7-9-15/h3-5,11,13H,6-9H2,1-2H3. The molecule has 1 aliphatic heterocycles. The minimum Gasteiger partial charge on any atom is -0.314 e. The number of hydrogen-bond donors (Lipinski definition) is 1. The topological polar surface area (TPSA) is 28.2 Å². The first kappa shape index (κ1) is 10.6. The molecular weight excluding hydrogens is 186 g/mol. The average molecular weight is 205 g/mol. The quantitative estimate of drug-likeness (QED) is 0.790. The van der Waals surface area contributed by atoms with E-state index in [1.807, 2.05) is 12.3 Å². The molecule has 1 aromatic rings. The number of aromatic nitrogens is 1. The van der Waals surface area contributed by atoms with Crippen LogP contribution >= 0.6 is 0 Å². The molecule has 0 bridgehead atoms. The molecule has 3 nitrogen and oxygen atoms in total. The number of rotatable bonds is 2. The van der Waals surface area contributed by atoms with Crippen LogP contribution in [0.15, 0.2) is 18.3 Å². The van der Waals surface area contributed by atoms with Crippen LogP contribution in [0.4, 0.5) is 0 Å². The molecule has 1 saturated heterocycles. The van der Waals surface area contributed by atoms with Crippen LogP contribution < -0.4 is 5.32 Å². The van der Waals surface area contributed by atoms with Gasteiger partial charge in [-0.3, -0.25) is 9.88 Å². The van der Waals surface area contributed by atoms with Gasteiger partial charge in [-0.15, -0.1) is 0 Å². The first-order valence-electron chi connectivity index (χ1n) is 5.65. The molecule has 3 heteroatoms. The SMILES string of the molecule is Cc1cccnc1C(C)N1CCNCC1. The van der Waals surface area contributed by atoms with Crippen LogP contribution in [0.2, 0.25) is 0 Å². The molecule has 1 aliphatic rings. The maximum Gasteiger partial charge on any atom is 0.0601 e. The molecule has 0 aliphatic carbocycles. The van der Waals surface area contributed by atoms with Crippen molar-refractivity contribution in [2.75, 3.05) is 26.2 Å². The minimum atomic E-state index is 0.438. The molecule has 1 unspecified atom stereocenters. The van der Waals surface area contributed by atoms with E-state index in [0.717, 1.165) is 26.2 Å². The summed E-state index contributed by atoms with van der Waals surface area (Å²) in [4.78, 5) is 6.98. The molecule has 1 N–H and O–H groups in total. The highest BCUT2D eigenvalue weighted by atomic mass is 15.2. The Kier molecular flexibility index (Phi) is 3.34. The van der Waals surface area contributed by atoms with E-state index >= 15 is 0 Å². The normalized spacial score (nSPS) is 20.1. The third kappa shape index (κ3) is 2.36. The van der Waals surface area contributed by atoms with Crippen molar-refractivity contribution in [1.82, 2.24) is 15.2 Å². The van der Waals surface area contributed by atoms with Crippen molar-refractivity contribution < 1.29 is 0 Å². The van der Waals surface area contributed by atoms with Gasteiger partial charge in [-0.25, -0.2) is 0 Å². The third-order valence-corrected chi connectivity index (χ3v) is 3.14. The van der Waals surface area contributed by atoms with Gasteiger partial charge in [0.05, 0.1) is 5.69 Å². The molecule has 2 rings (SSSR count). The molecule has 2 heterocycles. The molecule has 1 atom stereocenters. The van der Waals surface area contributed by atoms with E-state index in [4.69, 9.17) is 0 Å². The lowest BCUT2D eigenvalue weighted by molar-refractivity contribution is 0.182. The van der Waals surface area contributed by atoms with Crippen LogP contribution in [0.25, 0.3) is 0 Å². The van der Waals surface area contributed by atoms with Gasteiger partial charge in [0.1, 0.15) is 0 Å². The Bertz CT molecular complexity index is 318. The fourth-order valence-electron chi connectivity index (χ4n) is 2.18. The number of nitrogens with one attached hydrogen (secondary N) is 1. The van der Waals surface area contributed by atoms with E-state index in [9.17, 15) is 0 Å². The summed E-state index contributed by atoms with van der Waals surface area (Å²) in [6.07, 6.45) is 1.89. The predicted octanol–water partition coefficient (Wildman–Crippen LogP) is 1.36. The smallest absolute Gasteiger partial charge is 0.0601 e. The molecule has 1 fully saturated rings. The Morgan fingerprint density at radius 2 is 2.13 bits per heavy atom. The fraction of sp³-hybridized carbons (Fsp3) is 0.583. The van der Waals surface area contributed by atoms with E-state index in [0.29, 0.717) is 6.04 Å². The maximum atomic E-state index is 4.49. The van der Waals surface area contributed by atoms with E-state index in [1.165, 1.54) is 11.3 Å². The number of aryl methyl sites for hydroxylation is 1. The molecule has 0 radical (unpaired) electrons. The van der Waals surface area contributed by atoms with Crippen molar-refractivity contribution in [3.63, 3.8) is 0 Å². The minimum absolute atomic E-state index is 0.438. The van der Waals surface area contributed by atoms with Crippen LogP contribution in [0.5, 0.6) is 0 Å². The van der Waals surface area contributed by atoms with E-state index in [-0.39, 0.29) is 0 Å². The Labute approximate surface area is 91.5 Å². The third-order valence-electron chi connectivity index (χ3n) is 3.14. The summed E-state index contributed by atoms with van der Waals surface area (Å²) in [7, 11) is 0. The van der Waals surface area contributed by atoms with E-state index in [2.05, 4.69) is 35.1 Å². The van der Waals surface area contributed by atoms with Crippen LogP contribution in [0.1, 0.15) is 24.2 Å². The van der Waals surface area contributed by atoms with Gasteiger partial charge in [0.2, 0.25) is 0 Å². The summed E-state index contributed by atoms with van der Waals surface area (Å²) < 4.78 is 0. The summed E-state index contributed by atoms with van der Waals surface area (Å²) in [5.74, 6) is 0. The Morgan fingerprint density at radius 3 is 2.80 bits per heavy atom. The average Bonchev–Trinajstić information content (AvgIpc) is 2.30. The van der Waals surface area contributed by atoms with Gasteiger partial charge in [-0.05, 0) is 25.5 Å². The van der Waals surface area contributed by atoms with Gasteiger partial charge in [-0.2, -0.15) is 0 Å². The molecule has 0 aromatic carbocycles. The molecule has 15 heavy (non-hydrogen) atoms. The predicted molar refractivity (Wildman–Crippen MR) is 61.8 cm³/mol. The molecule has 0 amide bonds. The van der Waals surface area contributed by atoms with Crippen molar-refractivity contribution >= 4 is 0 Å². The summed E-state index contributed by atoms with van der Waals surface area (Å²) in [6.45, 7) is 8.82. The van der Waals surface area contributed by atoms with Crippen molar-refractivity contribution in [3.8, 4) is 0 Å². The van der Waals surface area contributed by atoms with E-state index < -0.39 is 0 Å². The van der Waals surface area contributed by atoms with Crippen LogP contribution in [0, 0.1) is 6.92 Å². The van der Waals surface area contributed by atoms with Gasteiger partial charge < -0.3 is 5.32 Å². The molecule has 82 valence electrons. The highest BCUT2D eigenvalue weighted by molar-refractivity contribution is 5.20. The summed E-state index contributed by atoms with van der Waals surface area (Å²) in [6, 6.07) is 4.58. The van der Waals surface area contributed by atoms with Crippen molar-refractivity contribution in [2.45, 2.75) is 19.9 Å². The highest BCUT2D eigenvalue weighted by Gasteiger charge is 2.19. The van der Waals surface area contributed by atoms with E-state index in [1.54, 1.807) is 0 Å². The summed E-state index contributed by atoms with van der Waals surface area (Å²) >= 11 is 0. The second-order valence-electron chi connectivity index (χ2n) is 4.17. The Hall–Kier alpha value is -0.930. The van der Waals surface area contributed by atoms with Gasteiger partial charge in [-0.1, -0.05) is 6.07 Å². The molecular formula is C12H19N3. The number of piperazine rings is 1. The second-order valence-corrected chi connectivity index (χ2v) is 4.17. The number of hydrogen-bond acceptors (Lipinski definition) is 3. The zero-order valence-electron chi connectivity index (χ0n) is 9.53. The largest absolute Gasteiger partial charge is 0.314 e. The van der Waals surface area contributed by atoms with Crippen molar-refractivity contribution in [2.24, 2.45) is 0 Å². The first-order chi connectivity index (χ1) is 7.29. The van der Waals surface area contributed by atoms with Crippen LogP contribution in [-0.4, -0.2) is 36.1 Å². The van der Waals surface area contributed by atoms with Gasteiger partial charge in [0.25, 0.3) is 0 Å². The zero-order chi connectivity index (χ0) is 10.7. The maximum absolute atomic E-state index is 4.49. The van der Waals surface area contributed by atoms with Crippen molar-refractivity contribution in [3.05, 3.63) is 29.6 Å². The zero-order valence-corrected chi connectivity index (χ0v) is 9.53. The Morgan fingerprint density at radius 1 is 1.40 bits per heavy atom. The lowest BCUT2D eigenvalue weighted by atomic mass is 10.1. The van der Waals surface area contributed by atoms with Crippen LogP contribution in [0.3, 0.4) is 0 Å². The molecule has 0 saturated carbocycles. The lowest BCUT2D eigenvalue weighted by Crippen LogP contribution is -2.44. The lowest BCUT2D eigenvalue weighted by Gasteiger charge is -2.32. The van der Waals surface area contributed by atoms with Crippen LogP contribution in [-0.2, 0) is 0 Å². The number of nitrogens with zero attached hydrogens (tertiary/aromatic N) is 2. The Balaban J connectivity index is 2.12. The number of pyridine rings is 1. The highest BCUT2D eigenvalue weighted by Crippen LogP contribution is 2.20. The van der Waals surface area contributed by atoms with Gasteiger partial charge in [0, 0.05) is 38.4 Å². The summed E-state index contributed by atoms with van der Waals surface area (Å²) in [5, 5.41) is 3.37. The first-order valence-corrected chi connectivity index (χ1v) is 5.65. The van der Waals surface area contributed by atoms with Gasteiger partial charge in [0.15, 0.2) is 0 Å². The van der Waals surface area contributed by atoms with Crippen molar-refractivity contribution in [1.29, 1.82) is 0 Å².